The molecule has 0 heterocycles. The summed E-state index contributed by atoms with van der Waals surface area (Å²) < 4.78 is 0. The average Bonchev–Trinajstić information content (AvgIpc) is 1.36. The number of aliphatic hydroxyl groups excluding tert-OH is 1. The number of carboxylic acid groups (broad SMARTS) is 1. The van der Waals surface area contributed by atoms with Crippen molar-refractivity contribution in [3.05, 3.63) is 0 Å². The number of hydrogen-bond donors (Lipinski definition) is 1. The molecule has 0 aromatic rings. The van der Waals surface area contributed by atoms with Crippen molar-refractivity contribution in [2.24, 2.45) is 0 Å². The first-order chi connectivity index (χ1) is 2.64. The van der Waals surface area contributed by atoms with Crippen LogP contribution in [0, 0.1) is 0 Å². The molecule has 1 unspecified atom stereocenters. The van der Waals surface area contributed by atoms with Crippen LogP contribution in [0.15, 0.2) is 0 Å². The van der Waals surface area contributed by atoms with Gasteiger partial charge in [-0.1, -0.05) is 0 Å². The molecule has 0 saturated carbocycles. The van der Waals surface area contributed by atoms with Crippen molar-refractivity contribution in [2.75, 3.05) is 0 Å². The Balaban J connectivity index is 0. The molecule has 4 heteroatoms. The van der Waals surface area contributed by atoms with Crippen LogP contribution in [0.25, 0.3) is 0 Å². The third-order valence-electron chi connectivity index (χ3n) is 0.341. The van der Waals surface area contributed by atoms with Crippen molar-refractivity contribution in [1.29, 1.82) is 0 Å². The van der Waals surface area contributed by atoms with Crippen molar-refractivity contribution in [3.8, 4) is 0 Å². The van der Waals surface area contributed by atoms with Gasteiger partial charge < -0.3 is 15.0 Å². The van der Waals surface area contributed by atoms with Crippen LogP contribution in [0.2, 0.25) is 0 Å². The summed E-state index contributed by atoms with van der Waals surface area (Å²) in [5.41, 5.74) is 0. The van der Waals surface area contributed by atoms with Crippen LogP contribution in [-0.2, 0) is 4.79 Å². The monoisotopic (exact) mass is 298 g/mol. The van der Waals surface area contributed by atoms with Crippen LogP contribution in [0.1, 0.15) is 6.92 Å². The van der Waals surface area contributed by atoms with Crippen LogP contribution in [0.5, 0.6) is 0 Å². The van der Waals surface area contributed by atoms with Crippen LogP contribution in [-0.4, -0.2) is 43.4 Å². The van der Waals surface area contributed by atoms with E-state index >= 15 is 0 Å². The summed E-state index contributed by atoms with van der Waals surface area (Å²) in [5.74, 6) is -1.44. The molecule has 0 amide bonds. The Morgan fingerprint density at radius 3 is 2.00 bits per heavy atom. The largest absolute Gasteiger partial charge is 3.00 e. The number of aliphatic carboxylic acids is 1. The van der Waals surface area contributed by atoms with Gasteiger partial charge in [0.2, 0.25) is 0 Å². The van der Waals surface area contributed by atoms with Crippen LogP contribution in [0.3, 0.4) is 0 Å². The molecule has 0 rings (SSSR count). The van der Waals surface area contributed by atoms with Gasteiger partial charge in [0, 0.05) is 0 Å². The molecule has 0 aliphatic heterocycles. The Labute approximate surface area is 60.5 Å². The Hall–Kier alpha value is 0.313. The molecule has 38 valence electrons. The summed E-state index contributed by atoms with van der Waals surface area (Å²) in [6.07, 6.45) is -1.34. The van der Waals surface area contributed by atoms with E-state index < -0.39 is 12.1 Å². The fourth-order valence-electron chi connectivity index (χ4n) is 0. The van der Waals surface area contributed by atoms with Crippen LogP contribution < -0.4 is 5.11 Å². The number of carboxylic acids is 1. The number of rotatable bonds is 1. The Bertz CT molecular complexity index is 61.2. The second-order valence-electron chi connectivity index (χ2n) is 0.995. The number of carbonyl (C=O) groups is 1. The molecule has 3 nitrogen and oxygen atoms in total. The van der Waals surface area contributed by atoms with E-state index in [9.17, 15) is 9.90 Å². The van der Waals surface area contributed by atoms with E-state index in [4.69, 9.17) is 5.11 Å². The van der Waals surface area contributed by atoms with Crippen molar-refractivity contribution in [1.82, 2.24) is 0 Å². The summed E-state index contributed by atoms with van der Waals surface area (Å²) in [4.78, 5) is 9.34. The van der Waals surface area contributed by atoms with Gasteiger partial charge in [-0.2, -0.15) is 0 Å². The van der Waals surface area contributed by atoms with E-state index in [2.05, 4.69) is 0 Å². The van der Waals surface area contributed by atoms with Crippen LogP contribution >= 0.6 is 0 Å². The molecule has 0 fully saturated rings. The van der Waals surface area contributed by atoms with E-state index in [-0.39, 0.29) is 26.2 Å². The third-order valence-corrected chi connectivity index (χ3v) is 0.341. The molecule has 0 aliphatic carbocycles. The molecule has 0 aromatic heterocycles. The van der Waals surface area contributed by atoms with E-state index in [1.807, 2.05) is 0 Å². The van der Waals surface area contributed by atoms with Gasteiger partial charge in [-0.05, 0) is 6.92 Å². The van der Waals surface area contributed by atoms with Gasteiger partial charge in [0.25, 0.3) is 0 Å². The fraction of sp³-hybridized carbons (Fsp3) is 0.667. The van der Waals surface area contributed by atoms with Crippen molar-refractivity contribution >= 4 is 32.2 Å². The molecule has 1 N–H and O–H groups in total. The second kappa shape index (κ2) is 4.47. The van der Waals surface area contributed by atoms with Gasteiger partial charge in [-0.15, -0.1) is 0 Å². The first-order valence-corrected chi connectivity index (χ1v) is 1.53. The summed E-state index contributed by atoms with van der Waals surface area (Å²) in [5, 5.41) is 17.3. The molecule has 0 aromatic carbocycles. The SMILES string of the molecule is CC(O)C(=O)[O-].[Bi+3]. The first-order valence-electron chi connectivity index (χ1n) is 1.53. The number of aliphatic hydroxyl groups is 1. The maximum absolute atomic E-state index is 9.34. The first kappa shape index (κ1) is 10.3. The van der Waals surface area contributed by atoms with Gasteiger partial charge in [-0.3, -0.25) is 0 Å². The normalized spacial score (nSPS) is 11.7. The summed E-state index contributed by atoms with van der Waals surface area (Å²) in [6.45, 7) is 1.13. The minimum absolute atomic E-state index is 0. The van der Waals surface area contributed by atoms with Gasteiger partial charge >= 0.3 is 26.2 Å². The maximum Gasteiger partial charge on any atom is 3.00 e. The maximum atomic E-state index is 9.34. The summed E-state index contributed by atoms with van der Waals surface area (Å²) >= 11 is 0. The standard InChI is InChI=1S/C3H6O3.Bi/c1-2(4)3(5)6;/h2,4H,1H3,(H,5,6);/q;+3/p-1. The van der Waals surface area contributed by atoms with Gasteiger partial charge in [0.05, 0.1) is 12.1 Å². The predicted octanol–water partition coefficient (Wildman–Crippen LogP) is -2.26. The quantitative estimate of drug-likeness (QED) is 0.556. The van der Waals surface area contributed by atoms with Crippen molar-refractivity contribution in [2.45, 2.75) is 13.0 Å². The zero-order valence-electron chi connectivity index (χ0n) is 3.79. The van der Waals surface area contributed by atoms with Crippen molar-refractivity contribution < 1.29 is 15.0 Å². The molecule has 1 atom stereocenters. The van der Waals surface area contributed by atoms with Gasteiger partial charge in [0.15, 0.2) is 0 Å². The number of hydrogen-bond acceptors (Lipinski definition) is 3. The predicted molar refractivity (Wildman–Crippen MR) is 22.4 cm³/mol. The molecular formula is C3H5BiO3+2. The van der Waals surface area contributed by atoms with Gasteiger partial charge in [-0.25, -0.2) is 0 Å². The Morgan fingerprint density at radius 1 is 1.86 bits per heavy atom. The molecule has 0 bridgehead atoms. The molecule has 0 spiro atoms. The van der Waals surface area contributed by atoms with Crippen molar-refractivity contribution in [3.63, 3.8) is 0 Å². The fourth-order valence-corrected chi connectivity index (χ4v) is 0. The van der Waals surface area contributed by atoms with E-state index in [0.29, 0.717) is 0 Å². The van der Waals surface area contributed by atoms with E-state index in [1.165, 1.54) is 0 Å². The van der Waals surface area contributed by atoms with E-state index in [0.717, 1.165) is 6.92 Å². The minimum Gasteiger partial charge on any atom is -0.547 e. The zero-order valence-corrected chi connectivity index (χ0v) is 7.27. The number of carbonyl (C=O) groups excluding carboxylic acids is 1. The average molecular weight is 298 g/mol. The topological polar surface area (TPSA) is 60.4 Å². The smallest absolute Gasteiger partial charge is 0.547 e. The molecular weight excluding hydrogens is 293 g/mol. The molecule has 0 aliphatic rings. The van der Waals surface area contributed by atoms with Crippen LogP contribution in [0.4, 0.5) is 0 Å². The summed E-state index contributed by atoms with van der Waals surface area (Å²) in [7, 11) is 0. The van der Waals surface area contributed by atoms with E-state index in [1.54, 1.807) is 0 Å². The molecule has 7 heavy (non-hydrogen) atoms. The summed E-state index contributed by atoms with van der Waals surface area (Å²) in [6, 6.07) is 0. The Morgan fingerprint density at radius 2 is 2.00 bits per heavy atom. The Kier molecular flexibility index (Phi) is 6.60. The molecule has 0 saturated heterocycles. The van der Waals surface area contributed by atoms with Gasteiger partial charge in [0.1, 0.15) is 0 Å². The zero-order chi connectivity index (χ0) is 5.15. The second-order valence-corrected chi connectivity index (χ2v) is 0.995. The minimum atomic E-state index is -1.44. The third kappa shape index (κ3) is 6.31. The molecule has 2 radical (unpaired) electrons.